The minimum Gasteiger partial charge on any atom is -0.492 e. The zero-order chi connectivity index (χ0) is 13.0. The van der Waals surface area contributed by atoms with Gasteiger partial charge in [0.05, 0.1) is 11.7 Å². The van der Waals surface area contributed by atoms with Gasteiger partial charge in [-0.05, 0) is 24.6 Å². The Kier molecular flexibility index (Phi) is 4.17. The van der Waals surface area contributed by atoms with Crippen molar-refractivity contribution in [2.24, 2.45) is 0 Å². The molecule has 0 amide bonds. The van der Waals surface area contributed by atoms with Crippen LogP contribution in [0, 0.1) is 0 Å². The summed E-state index contributed by atoms with van der Waals surface area (Å²) in [6.07, 6.45) is 0.592. The van der Waals surface area contributed by atoms with Crippen LogP contribution in [0.4, 0.5) is 0 Å². The van der Waals surface area contributed by atoms with Crippen molar-refractivity contribution in [2.75, 3.05) is 26.2 Å². The van der Waals surface area contributed by atoms with E-state index < -0.39 is 5.97 Å². The molecule has 1 aromatic carbocycles. The largest absolute Gasteiger partial charge is 0.492 e. The van der Waals surface area contributed by atoms with Gasteiger partial charge in [-0.2, -0.15) is 0 Å². The Labute approximate surface area is 106 Å². The smallest absolute Gasteiger partial charge is 0.335 e. The topological polar surface area (TPSA) is 70.0 Å². The molecular weight excluding hydrogens is 234 g/mol. The number of β-amino-alcohol motifs (C(OH)–C–C–N with tert-alkyl or cyclic N) is 1. The second-order valence-electron chi connectivity index (χ2n) is 4.42. The highest BCUT2D eigenvalue weighted by atomic mass is 16.5. The van der Waals surface area contributed by atoms with Crippen LogP contribution in [0.5, 0.6) is 5.75 Å². The van der Waals surface area contributed by atoms with Crippen molar-refractivity contribution in [3.63, 3.8) is 0 Å². The third kappa shape index (κ3) is 3.45. The molecule has 1 heterocycles. The van der Waals surface area contributed by atoms with Gasteiger partial charge in [-0.3, -0.25) is 4.90 Å². The Hall–Kier alpha value is -1.59. The first-order chi connectivity index (χ1) is 8.65. The maximum atomic E-state index is 10.8. The van der Waals surface area contributed by atoms with Crippen LogP contribution >= 0.6 is 0 Å². The molecule has 5 heteroatoms. The molecule has 1 unspecified atom stereocenters. The number of aliphatic hydroxyl groups is 1. The molecule has 1 fully saturated rings. The number of carboxylic acids is 1. The van der Waals surface area contributed by atoms with Crippen LogP contribution in [0.3, 0.4) is 0 Å². The van der Waals surface area contributed by atoms with Gasteiger partial charge in [-0.1, -0.05) is 6.07 Å². The number of hydrogen-bond acceptors (Lipinski definition) is 4. The standard InChI is InChI=1S/C13H17NO4/c15-11-4-5-14(9-11)6-7-18-12-3-1-2-10(8-12)13(16)17/h1-3,8,11,15H,4-7,9H2,(H,16,17). The van der Waals surface area contributed by atoms with Gasteiger partial charge in [-0.25, -0.2) is 4.79 Å². The minimum absolute atomic E-state index is 0.222. The molecule has 98 valence electrons. The molecule has 5 nitrogen and oxygen atoms in total. The number of aliphatic hydroxyl groups excluding tert-OH is 1. The van der Waals surface area contributed by atoms with Gasteiger partial charge >= 0.3 is 5.97 Å². The average Bonchev–Trinajstić information content (AvgIpc) is 2.75. The van der Waals surface area contributed by atoms with Gasteiger partial charge in [0.15, 0.2) is 0 Å². The zero-order valence-electron chi connectivity index (χ0n) is 10.1. The van der Waals surface area contributed by atoms with Crippen molar-refractivity contribution < 1.29 is 19.7 Å². The molecule has 2 rings (SSSR count). The molecule has 0 saturated carbocycles. The second kappa shape index (κ2) is 5.84. The van der Waals surface area contributed by atoms with Gasteiger partial charge in [0.1, 0.15) is 12.4 Å². The number of carbonyl (C=O) groups is 1. The predicted octanol–water partition coefficient (Wildman–Crippen LogP) is 0.830. The van der Waals surface area contributed by atoms with E-state index in [1.54, 1.807) is 12.1 Å². The minimum atomic E-state index is -0.955. The van der Waals surface area contributed by atoms with Crippen molar-refractivity contribution in [1.82, 2.24) is 4.90 Å². The lowest BCUT2D eigenvalue weighted by Crippen LogP contribution is -2.27. The molecule has 2 N–H and O–H groups in total. The SMILES string of the molecule is O=C(O)c1cccc(OCCN2CCC(O)C2)c1. The van der Waals surface area contributed by atoms with Gasteiger partial charge in [0, 0.05) is 19.6 Å². The van der Waals surface area contributed by atoms with E-state index in [0.717, 1.165) is 19.5 Å². The summed E-state index contributed by atoms with van der Waals surface area (Å²) >= 11 is 0. The molecule has 0 aliphatic carbocycles. The summed E-state index contributed by atoms with van der Waals surface area (Å²) < 4.78 is 5.51. The van der Waals surface area contributed by atoms with Gasteiger partial charge in [0.25, 0.3) is 0 Å². The molecule has 18 heavy (non-hydrogen) atoms. The van der Waals surface area contributed by atoms with E-state index in [4.69, 9.17) is 9.84 Å². The molecule has 1 aromatic rings. The van der Waals surface area contributed by atoms with Crippen LogP contribution in [0.15, 0.2) is 24.3 Å². The molecule has 0 bridgehead atoms. The monoisotopic (exact) mass is 251 g/mol. The summed E-state index contributed by atoms with van der Waals surface area (Å²) in [7, 11) is 0. The summed E-state index contributed by atoms with van der Waals surface area (Å²) in [6.45, 7) is 2.82. The van der Waals surface area contributed by atoms with E-state index in [9.17, 15) is 9.90 Å². The lowest BCUT2D eigenvalue weighted by atomic mass is 10.2. The Morgan fingerprint density at radius 1 is 1.50 bits per heavy atom. The summed E-state index contributed by atoms with van der Waals surface area (Å²) in [5.74, 6) is -0.391. The highest BCUT2D eigenvalue weighted by molar-refractivity contribution is 5.87. The Morgan fingerprint density at radius 3 is 3.00 bits per heavy atom. The second-order valence-corrected chi connectivity index (χ2v) is 4.42. The van der Waals surface area contributed by atoms with E-state index >= 15 is 0 Å². The quantitative estimate of drug-likeness (QED) is 0.811. The number of nitrogens with zero attached hydrogens (tertiary/aromatic N) is 1. The van der Waals surface area contributed by atoms with E-state index in [-0.39, 0.29) is 11.7 Å². The first-order valence-electron chi connectivity index (χ1n) is 6.02. The number of aromatic carboxylic acids is 1. The lowest BCUT2D eigenvalue weighted by Gasteiger charge is -2.15. The Morgan fingerprint density at radius 2 is 2.33 bits per heavy atom. The zero-order valence-corrected chi connectivity index (χ0v) is 10.1. The van der Waals surface area contributed by atoms with Crippen LogP contribution in [-0.4, -0.2) is 53.4 Å². The van der Waals surface area contributed by atoms with Crippen LogP contribution < -0.4 is 4.74 Å². The van der Waals surface area contributed by atoms with Crippen LogP contribution in [0.2, 0.25) is 0 Å². The normalized spacial score (nSPS) is 19.9. The van der Waals surface area contributed by atoms with Crippen molar-refractivity contribution >= 4 is 5.97 Å². The summed E-state index contributed by atoms with van der Waals surface area (Å²) in [5, 5.41) is 18.2. The van der Waals surface area contributed by atoms with E-state index in [0.29, 0.717) is 18.9 Å². The first-order valence-corrected chi connectivity index (χ1v) is 6.02. The Balaban J connectivity index is 1.79. The first kappa shape index (κ1) is 12.9. The summed E-state index contributed by atoms with van der Waals surface area (Å²) in [5.41, 5.74) is 0.226. The molecule has 1 atom stereocenters. The lowest BCUT2D eigenvalue weighted by molar-refractivity contribution is 0.0696. The fourth-order valence-corrected chi connectivity index (χ4v) is 2.03. The van der Waals surface area contributed by atoms with Crippen molar-refractivity contribution in [2.45, 2.75) is 12.5 Å². The molecule has 1 aliphatic rings. The maximum Gasteiger partial charge on any atom is 0.335 e. The molecule has 0 aromatic heterocycles. The van der Waals surface area contributed by atoms with E-state index in [1.807, 2.05) is 0 Å². The number of likely N-dealkylation sites (tertiary alicyclic amines) is 1. The van der Waals surface area contributed by atoms with E-state index in [2.05, 4.69) is 4.90 Å². The maximum absolute atomic E-state index is 10.8. The van der Waals surface area contributed by atoms with Gasteiger partial charge in [-0.15, -0.1) is 0 Å². The number of ether oxygens (including phenoxy) is 1. The molecule has 1 aliphatic heterocycles. The number of benzene rings is 1. The van der Waals surface area contributed by atoms with Crippen molar-refractivity contribution in [3.05, 3.63) is 29.8 Å². The molecule has 0 radical (unpaired) electrons. The third-order valence-electron chi connectivity index (χ3n) is 3.00. The van der Waals surface area contributed by atoms with Gasteiger partial charge < -0.3 is 14.9 Å². The van der Waals surface area contributed by atoms with Crippen molar-refractivity contribution in [3.8, 4) is 5.75 Å². The van der Waals surface area contributed by atoms with E-state index in [1.165, 1.54) is 12.1 Å². The highest BCUT2D eigenvalue weighted by Crippen LogP contribution is 2.14. The van der Waals surface area contributed by atoms with Crippen LogP contribution in [0.1, 0.15) is 16.8 Å². The molecule has 0 spiro atoms. The third-order valence-corrected chi connectivity index (χ3v) is 3.00. The van der Waals surface area contributed by atoms with Crippen molar-refractivity contribution in [1.29, 1.82) is 0 Å². The summed E-state index contributed by atoms with van der Waals surface area (Å²) in [6, 6.07) is 6.46. The van der Waals surface area contributed by atoms with Crippen LogP contribution in [0.25, 0.3) is 0 Å². The number of hydrogen-bond donors (Lipinski definition) is 2. The average molecular weight is 251 g/mol. The number of carboxylic acid groups (broad SMARTS) is 1. The van der Waals surface area contributed by atoms with Crippen LogP contribution in [-0.2, 0) is 0 Å². The molecule has 1 saturated heterocycles. The molecular formula is C13H17NO4. The fraction of sp³-hybridized carbons (Fsp3) is 0.462. The van der Waals surface area contributed by atoms with Gasteiger partial charge in [0.2, 0.25) is 0 Å². The predicted molar refractivity (Wildman–Crippen MR) is 66.0 cm³/mol. The fourth-order valence-electron chi connectivity index (χ4n) is 2.03. The Bertz CT molecular complexity index is 421. The highest BCUT2D eigenvalue weighted by Gasteiger charge is 2.19. The number of rotatable bonds is 5. The summed E-state index contributed by atoms with van der Waals surface area (Å²) in [4.78, 5) is 12.9.